The summed E-state index contributed by atoms with van der Waals surface area (Å²) < 4.78 is 55.5. The standard InChI is InChI=1S/C39H53N3O13S/c1-9-11-17-39(10-2)21-56(49,50)31-16-15-28(42(7)8)19-29(31)32(36(39)47)26-13-12-14-27(18-26)40-38(48)41-37-35(54-25(6)46)34(53-24(5)45)33(52-23(4)44)30(55-37)20-51-22(3)43/h12-16,18-19,30,32-37,47H,9-11,17,20-21H2,1-8H3,(H2,40,41,48)/t30-,32-,33-,34+,35-,36-,37-,39-/m1/s1. The van der Waals surface area contributed by atoms with Gasteiger partial charge >= 0.3 is 29.9 Å². The summed E-state index contributed by atoms with van der Waals surface area (Å²) in [5.74, 6) is -4.18. The molecule has 2 amide bonds. The molecule has 17 heteroatoms. The van der Waals surface area contributed by atoms with Crippen molar-refractivity contribution < 1.29 is 61.2 Å². The number of ether oxygens (including phenoxy) is 5. The van der Waals surface area contributed by atoms with Crippen LogP contribution in [0.4, 0.5) is 16.2 Å². The maximum atomic E-state index is 14.1. The fourth-order valence-electron chi connectivity index (χ4n) is 7.46. The average molecular weight is 804 g/mol. The van der Waals surface area contributed by atoms with E-state index >= 15 is 0 Å². The molecule has 0 bridgehead atoms. The molecule has 2 aliphatic rings. The molecule has 0 spiro atoms. The highest BCUT2D eigenvalue weighted by atomic mass is 32.2. The van der Waals surface area contributed by atoms with E-state index in [1.54, 1.807) is 42.5 Å². The first kappa shape index (κ1) is 44.0. The summed E-state index contributed by atoms with van der Waals surface area (Å²) in [6.07, 6.45) is -5.91. The Labute approximate surface area is 327 Å². The second-order valence-electron chi connectivity index (χ2n) is 14.5. The molecule has 16 nitrogen and oxygen atoms in total. The molecule has 3 N–H and O–H groups in total. The van der Waals surface area contributed by atoms with Crippen LogP contribution in [0.2, 0.25) is 0 Å². The number of carbonyl (C=O) groups is 5. The van der Waals surface area contributed by atoms with E-state index in [1.165, 1.54) is 0 Å². The Morgan fingerprint density at radius 3 is 2.12 bits per heavy atom. The molecule has 0 unspecified atom stereocenters. The Morgan fingerprint density at radius 2 is 1.54 bits per heavy atom. The number of carbonyl (C=O) groups excluding carboxylic acids is 5. The Balaban J connectivity index is 1.74. The van der Waals surface area contributed by atoms with Gasteiger partial charge in [-0.15, -0.1) is 0 Å². The Kier molecular flexibility index (Phi) is 14.5. The summed E-state index contributed by atoms with van der Waals surface area (Å²) in [5.41, 5.74) is 1.02. The summed E-state index contributed by atoms with van der Waals surface area (Å²) in [6, 6.07) is 10.9. The van der Waals surface area contributed by atoms with Crippen LogP contribution in [0.3, 0.4) is 0 Å². The number of hydrogen-bond donors (Lipinski definition) is 3. The molecule has 56 heavy (non-hydrogen) atoms. The molecule has 0 radical (unpaired) electrons. The number of unbranched alkanes of at least 4 members (excludes halogenated alkanes) is 1. The number of nitrogens with one attached hydrogen (secondary N) is 2. The maximum Gasteiger partial charge on any atom is 0.321 e. The molecule has 4 rings (SSSR count). The lowest BCUT2D eigenvalue weighted by molar-refractivity contribution is -0.255. The Hall–Kier alpha value is -4.74. The minimum Gasteiger partial charge on any atom is -0.463 e. The quantitative estimate of drug-likeness (QED) is 0.194. The van der Waals surface area contributed by atoms with Crippen LogP contribution < -0.4 is 15.5 Å². The zero-order valence-corrected chi connectivity index (χ0v) is 33.8. The molecule has 8 atom stereocenters. The third-order valence-electron chi connectivity index (χ3n) is 10.1. The van der Waals surface area contributed by atoms with Gasteiger partial charge in [0.2, 0.25) is 0 Å². The number of hydrogen-bond acceptors (Lipinski definition) is 14. The number of aliphatic hydroxyl groups excluding tert-OH is 1. The van der Waals surface area contributed by atoms with Crippen molar-refractivity contribution in [1.82, 2.24) is 5.32 Å². The second kappa shape index (κ2) is 18.5. The van der Waals surface area contributed by atoms with E-state index in [0.29, 0.717) is 30.4 Å². The fourth-order valence-corrected chi connectivity index (χ4v) is 9.71. The molecule has 2 aromatic carbocycles. The van der Waals surface area contributed by atoms with E-state index in [1.807, 2.05) is 32.8 Å². The largest absolute Gasteiger partial charge is 0.463 e. The summed E-state index contributed by atoms with van der Waals surface area (Å²) in [7, 11) is -0.160. The second-order valence-corrected chi connectivity index (χ2v) is 16.4. The van der Waals surface area contributed by atoms with Crippen LogP contribution in [0.1, 0.15) is 84.3 Å². The van der Waals surface area contributed by atoms with Crippen LogP contribution in [0.25, 0.3) is 0 Å². The first-order valence-electron chi connectivity index (χ1n) is 18.5. The number of esters is 4. The molecule has 0 aromatic heterocycles. The number of benzene rings is 2. The molecule has 2 aliphatic heterocycles. The number of rotatable bonds is 13. The smallest absolute Gasteiger partial charge is 0.321 e. The summed E-state index contributed by atoms with van der Waals surface area (Å²) in [5, 5.41) is 17.7. The topological polar surface area (TPSA) is 213 Å². The van der Waals surface area contributed by atoms with Gasteiger partial charge < -0.3 is 44.3 Å². The number of sulfone groups is 1. The predicted octanol–water partition coefficient (Wildman–Crippen LogP) is 3.82. The highest BCUT2D eigenvalue weighted by Gasteiger charge is 2.53. The van der Waals surface area contributed by atoms with E-state index < -0.39 is 94.4 Å². The van der Waals surface area contributed by atoms with Crippen LogP contribution >= 0.6 is 0 Å². The van der Waals surface area contributed by atoms with E-state index in [2.05, 4.69) is 10.6 Å². The number of amides is 2. The van der Waals surface area contributed by atoms with Crippen molar-refractivity contribution in [2.24, 2.45) is 5.41 Å². The van der Waals surface area contributed by atoms with Crippen LogP contribution in [0, 0.1) is 5.41 Å². The maximum absolute atomic E-state index is 14.1. The lowest BCUT2D eigenvalue weighted by Crippen LogP contribution is -2.66. The van der Waals surface area contributed by atoms with Crippen LogP contribution in [0.15, 0.2) is 47.4 Å². The highest BCUT2D eigenvalue weighted by molar-refractivity contribution is 7.91. The molecule has 2 aromatic rings. The third kappa shape index (κ3) is 10.4. The number of aliphatic hydroxyl groups is 1. The molecule has 1 fully saturated rings. The summed E-state index contributed by atoms with van der Waals surface area (Å²) >= 11 is 0. The fraction of sp³-hybridized carbons (Fsp3) is 0.564. The Morgan fingerprint density at radius 1 is 0.893 bits per heavy atom. The number of fused-ring (bicyclic) bond motifs is 1. The normalized spacial score (nSPS) is 26.7. The van der Waals surface area contributed by atoms with Gasteiger partial charge in [0.15, 0.2) is 34.4 Å². The van der Waals surface area contributed by atoms with Crippen LogP contribution in [-0.2, 0) is 52.7 Å². The van der Waals surface area contributed by atoms with Gasteiger partial charge in [-0.2, -0.15) is 0 Å². The van der Waals surface area contributed by atoms with Crippen molar-refractivity contribution in [3.05, 3.63) is 53.6 Å². The van der Waals surface area contributed by atoms with Gasteiger partial charge in [-0.1, -0.05) is 38.8 Å². The van der Waals surface area contributed by atoms with Gasteiger partial charge in [0.1, 0.15) is 12.7 Å². The first-order valence-corrected chi connectivity index (χ1v) is 20.2. The van der Waals surface area contributed by atoms with Crippen molar-refractivity contribution in [3.63, 3.8) is 0 Å². The summed E-state index contributed by atoms with van der Waals surface area (Å²) in [4.78, 5) is 63.9. The van der Waals surface area contributed by atoms with Gasteiger partial charge in [-0.3, -0.25) is 19.2 Å². The van der Waals surface area contributed by atoms with Crippen molar-refractivity contribution in [2.75, 3.05) is 36.7 Å². The lowest BCUT2D eigenvalue weighted by Gasteiger charge is -2.44. The lowest BCUT2D eigenvalue weighted by atomic mass is 9.69. The van der Waals surface area contributed by atoms with Gasteiger partial charge in [0.25, 0.3) is 0 Å². The average Bonchev–Trinajstić information content (AvgIpc) is 3.18. The minimum absolute atomic E-state index is 0.138. The van der Waals surface area contributed by atoms with Crippen molar-refractivity contribution in [3.8, 4) is 0 Å². The molecule has 308 valence electrons. The van der Waals surface area contributed by atoms with Crippen molar-refractivity contribution >= 4 is 51.1 Å². The minimum atomic E-state index is -3.84. The number of urea groups is 1. The zero-order valence-electron chi connectivity index (χ0n) is 33.0. The Bertz CT molecular complexity index is 1890. The van der Waals surface area contributed by atoms with Gasteiger partial charge in [-0.25, -0.2) is 13.2 Å². The van der Waals surface area contributed by atoms with Gasteiger partial charge in [-0.05, 0) is 54.3 Å². The van der Waals surface area contributed by atoms with E-state index in [0.717, 1.165) is 39.8 Å². The zero-order chi connectivity index (χ0) is 41.5. The SMILES string of the molecule is CCCC[C@]1(CC)CS(=O)(=O)c2ccc(N(C)C)cc2[C@@H](c2cccc(NC(=O)N[C@@H]3O[C@H](COC(C)=O)[C@@H](OC(C)=O)[C@H](OC(C)=O)[C@H]3OC(C)=O)c2)[C@H]1O. The molecular formula is C39H53N3O13S. The molecular weight excluding hydrogens is 751 g/mol. The first-order chi connectivity index (χ1) is 26.3. The molecule has 2 heterocycles. The monoisotopic (exact) mass is 803 g/mol. The van der Waals surface area contributed by atoms with Gasteiger partial charge in [0.05, 0.1) is 16.8 Å². The van der Waals surface area contributed by atoms with Crippen LogP contribution in [-0.4, -0.2) is 107 Å². The molecule has 0 aliphatic carbocycles. The summed E-state index contributed by atoms with van der Waals surface area (Å²) in [6.45, 7) is 7.84. The molecule has 0 saturated carbocycles. The molecule has 1 saturated heterocycles. The van der Waals surface area contributed by atoms with E-state index in [-0.39, 0.29) is 16.3 Å². The van der Waals surface area contributed by atoms with Crippen LogP contribution in [0.5, 0.6) is 0 Å². The number of anilines is 2. The van der Waals surface area contributed by atoms with E-state index in [9.17, 15) is 37.5 Å². The third-order valence-corrected chi connectivity index (χ3v) is 12.1. The van der Waals surface area contributed by atoms with Crippen molar-refractivity contribution in [1.29, 1.82) is 0 Å². The predicted molar refractivity (Wildman–Crippen MR) is 203 cm³/mol. The van der Waals surface area contributed by atoms with E-state index in [4.69, 9.17) is 23.7 Å². The number of nitrogens with zero attached hydrogens (tertiary/aromatic N) is 1. The van der Waals surface area contributed by atoms with Crippen molar-refractivity contribution in [2.45, 2.75) is 115 Å². The van der Waals surface area contributed by atoms with Gasteiger partial charge in [0, 0.05) is 64.5 Å². The highest BCUT2D eigenvalue weighted by Crippen LogP contribution is 2.49.